The summed E-state index contributed by atoms with van der Waals surface area (Å²) in [7, 11) is 0. The minimum absolute atomic E-state index is 0.0677. The molecule has 0 bridgehead atoms. The van der Waals surface area contributed by atoms with E-state index in [1.165, 1.54) is 0 Å². The number of ether oxygens (including phenoxy) is 1. The van der Waals surface area contributed by atoms with Crippen molar-refractivity contribution < 1.29 is 14.6 Å². The number of phenols is 1. The fourth-order valence-electron chi connectivity index (χ4n) is 2.17. The molecule has 2 aromatic carbocycles. The predicted molar refractivity (Wildman–Crippen MR) is 98.6 cm³/mol. The molecule has 0 radical (unpaired) electrons. The third-order valence-electron chi connectivity index (χ3n) is 3.34. The first-order chi connectivity index (χ1) is 11.3. The number of aryl methyl sites for hydroxylation is 3. The van der Waals surface area contributed by atoms with Gasteiger partial charge in [0.05, 0.1) is 5.69 Å². The van der Waals surface area contributed by atoms with E-state index in [0.29, 0.717) is 11.4 Å². The minimum Gasteiger partial charge on any atom is -0.506 e. The molecule has 0 saturated carbocycles. The van der Waals surface area contributed by atoms with Gasteiger partial charge in [0.25, 0.3) is 5.91 Å². The van der Waals surface area contributed by atoms with Crippen LogP contribution in [0, 0.1) is 20.8 Å². The molecule has 0 heterocycles. The third-order valence-corrected chi connectivity index (χ3v) is 3.55. The lowest BCUT2D eigenvalue weighted by Gasteiger charge is -2.12. The highest BCUT2D eigenvalue weighted by Crippen LogP contribution is 2.23. The summed E-state index contributed by atoms with van der Waals surface area (Å²) in [6, 6.07) is 10.9. The van der Waals surface area contributed by atoms with Crippen molar-refractivity contribution in [2.24, 2.45) is 0 Å². The van der Waals surface area contributed by atoms with Crippen molar-refractivity contribution >= 4 is 28.9 Å². The van der Waals surface area contributed by atoms with Gasteiger partial charge >= 0.3 is 0 Å². The van der Waals surface area contributed by atoms with Crippen LogP contribution in [-0.2, 0) is 4.79 Å². The van der Waals surface area contributed by atoms with Gasteiger partial charge in [-0.25, -0.2) is 0 Å². The van der Waals surface area contributed by atoms with Gasteiger partial charge in [-0.3, -0.25) is 10.1 Å². The van der Waals surface area contributed by atoms with E-state index >= 15 is 0 Å². The van der Waals surface area contributed by atoms with E-state index < -0.39 is 0 Å². The zero-order chi connectivity index (χ0) is 17.7. The Morgan fingerprint density at radius 3 is 2.46 bits per heavy atom. The lowest BCUT2D eigenvalue weighted by molar-refractivity contribution is -0.121. The summed E-state index contributed by atoms with van der Waals surface area (Å²) in [5.41, 5.74) is 3.46. The topological polar surface area (TPSA) is 70.6 Å². The molecule has 24 heavy (non-hydrogen) atoms. The summed E-state index contributed by atoms with van der Waals surface area (Å²) in [5, 5.41) is 15.2. The van der Waals surface area contributed by atoms with Gasteiger partial charge in [0, 0.05) is 0 Å². The molecule has 0 fully saturated rings. The first kappa shape index (κ1) is 17.7. The summed E-state index contributed by atoms with van der Waals surface area (Å²) in [6.45, 7) is 5.64. The molecule has 1 amide bonds. The normalized spacial score (nSPS) is 10.1. The van der Waals surface area contributed by atoms with Gasteiger partial charge in [0.15, 0.2) is 11.7 Å². The predicted octanol–water partition coefficient (Wildman–Crippen LogP) is 3.21. The van der Waals surface area contributed by atoms with Crippen LogP contribution in [0.5, 0.6) is 11.5 Å². The molecule has 0 unspecified atom stereocenters. The van der Waals surface area contributed by atoms with Crippen LogP contribution in [0.4, 0.5) is 5.69 Å². The van der Waals surface area contributed by atoms with Crippen molar-refractivity contribution in [2.75, 3.05) is 11.9 Å². The van der Waals surface area contributed by atoms with Crippen LogP contribution in [0.25, 0.3) is 0 Å². The molecule has 6 heteroatoms. The number of anilines is 1. The minimum atomic E-state index is -0.376. The Hall–Kier alpha value is -2.60. The summed E-state index contributed by atoms with van der Waals surface area (Å²) < 4.78 is 5.50. The summed E-state index contributed by atoms with van der Waals surface area (Å²) in [5.74, 6) is 0.350. The lowest BCUT2D eigenvalue weighted by Crippen LogP contribution is -2.37. The first-order valence-electron chi connectivity index (χ1n) is 7.45. The maximum Gasteiger partial charge on any atom is 0.264 e. The van der Waals surface area contributed by atoms with E-state index in [4.69, 9.17) is 17.0 Å². The molecule has 5 nitrogen and oxygen atoms in total. The number of aromatic hydroxyl groups is 1. The molecule has 0 atom stereocenters. The van der Waals surface area contributed by atoms with Crippen LogP contribution in [-0.4, -0.2) is 22.7 Å². The Morgan fingerprint density at radius 2 is 1.79 bits per heavy atom. The first-order valence-corrected chi connectivity index (χ1v) is 7.86. The largest absolute Gasteiger partial charge is 0.506 e. The molecular formula is C18H20N2O3S. The van der Waals surface area contributed by atoms with Crippen LogP contribution in [0.1, 0.15) is 16.7 Å². The molecule has 0 aliphatic rings. The quantitative estimate of drug-likeness (QED) is 0.587. The van der Waals surface area contributed by atoms with Crippen molar-refractivity contribution in [3.05, 3.63) is 53.1 Å². The molecule has 0 aliphatic carbocycles. The summed E-state index contributed by atoms with van der Waals surface area (Å²) >= 11 is 5.07. The smallest absolute Gasteiger partial charge is 0.264 e. The Kier molecular flexibility index (Phi) is 5.76. The molecule has 3 N–H and O–H groups in total. The number of thiocarbonyl (C=S) groups is 1. The zero-order valence-corrected chi connectivity index (χ0v) is 14.7. The molecule has 0 aliphatic heterocycles. The van der Waals surface area contributed by atoms with Crippen molar-refractivity contribution in [1.29, 1.82) is 0 Å². The number of benzene rings is 2. The van der Waals surface area contributed by atoms with E-state index in [9.17, 15) is 9.90 Å². The van der Waals surface area contributed by atoms with Crippen molar-refractivity contribution in [1.82, 2.24) is 5.32 Å². The van der Waals surface area contributed by atoms with E-state index in [2.05, 4.69) is 10.6 Å². The fourth-order valence-corrected chi connectivity index (χ4v) is 2.39. The number of hydrogen-bond acceptors (Lipinski definition) is 4. The number of carbonyl (C=O) groups is 1. The Balaban J connectivity index is 1.86. The molecule has 0 aromatic heterocycles. The second-order valence-electron chi connectivity index (χ2n) is 5.58. The highest BCUT2D eigenvalue weighted by atomic mass is 32.1. The monoisotopic (exact) mass is 344 g/mol. The van der Waals surface area contributed by atoms with Crippen molar-refractivity contribution in [3.63, 3.8) is 0 Å². The Morgan fingerprint density at radius 1 is 1.12 bits per heavy atom. The number of rotatable bonds is 4. The van der Waals surface area contributed by atoms with Gasteiger partial charge in [-0.2, -0.15) is 0 Å². The summed E-state index contributed by atoms with van der Waals surface area (Å²) in [4.78, 5) is 11.9. The van der Waals surface area contributed by atoms with Gasteiger partial charge in [0.2, 0.25) is 0 Å². The van der Waals surface area contributed by atoms with Gasteiger partial charge < -0.3 is 15.2 Å². The van der Waals surface area contributed by atoms with Crippen LogP contribution < -0.4 is 15.4 Å². The SMILES string of the molecule is Cc1ccc(OCC(=O)NC(=S)Nc2ccc(C)cc2O)c(C)c1. The van der Waals surface area contributed by atoms with Gasteiger partial charge in [-0.1, -0.05) is 23.8 Å². The molecule has 0 saturated heterocycles. The Bertz CT molecular complexity index is 775. The van der Waals surface area contributed by atoms with Crippen LogP contribution in [0.2, 0.25) is 0 Å². The van der Waals surface area contributed by atoms with Crippen LogP contribution in [0.3, 0.4) is 0 Å². The number of amides is 1. The van der Waals surface area contributed by atoms with Gasteiger partial charge in [-0.15, -0.1) is 0 Å². The number of hydrogen-bond donors (Lipinski definition) is 3. The van der Waals surface area contributed by atoms with E-state index in [1.54, 1.807) is 12.1 Å². The molecular weight excluding hydrogens is 324 g/mol. The highest BCUT2D eigenvalue weighted by molar-refractivity contribution is 7.80. The van der Waals surface area contributed by atoms with E-state index in [-0.39, 0.29) is 23.4 Å². The van der Waals surface area contributed by atoms with Gasteiger partial charge in [-0.05, 0) is 62.3 Å². The second kappa shape index (κ2) is 7.79. The van der Waals surface area contributed by atoms with Gasteiger partial charge in [0.1, 0.15) is 11.5 Å². The number of carbonyl (C=O) groups excluding carboxylic acids is 1. The van der Waals surface area contributed by atoms with Crippen LogP contribution in [0.15, 0.2) is 36.4 Å². The summed E-state index contributed by atoms with van der Waals surface area (Å²) in [6.07, 6.45) is 0. The number of phenolic OH excluding ortho intramolecular Hbond substituents is 1. The average molecular weight is 344 g/mol. The third kappa shape index (κ3) is 4.96. The number of nitrogens with one attached hydrogen (secondary N) is 2. The zero-order valence-electron chi connectivity index (χ0n) is 13.8. The highest BCUT2D eigenvalue weighted by Gasteiger charge is 2.09. The molecule has 0 spiro atoms. The molecule has 126 valence electrons. The van der Waals surface area contributed by atoms with E-state index in [0.717, 1.165) is 16.7 Å². The van der Waals surface area contributed by atoms with Crippen molar-refractivity contribution in [3.8, 4) is 11.5 Å². The fraction of sp³-hybridized carbons (Fsp3) is 0.222. The standard InChI is InChI=1S/C18H20N2O3S/c1-11-5-7-16(13(3)8-11)23-10-17(22)20-18(24)19-14-6-4-12(2)9-15(14)21/h4-9,21H,10H2,1-3H3,(H2,19,20,22,24). The Labute approximate surface area is 146 Å². The van der Waals surface area contributed by atoms with Crippen LogP contribution >= 0.6 is 12.2 Å². The van der Waals surface area contributed by atoms with E-state index in [1.807, 2.05) is 45.0 Å². The maximum absolute atomic E-state index is 11.9. The maximum atomic E-state index is 11.9. The van der Waals surface area contributed by atoms with Crippen molar-refractivity contribution in [2.45, 2.75) is 20.8 Å². The molecule has 2 aromatic rings. The molecule has 2 rings (SSSR count). The second-order valence-corrected chi connectivity index (χ2v) is 5.99. The average Bonchev–Trinajstić information content (AvgIpc) is 2.49. The lowest BCUT2D eigenvalue weighted by atomic mass is 10.1.